The summed E-state index contributed by atoms with van der Waals surface area (Å²) in [5.74, 6) is 0.481. The molecule has 0 atom stereocenters. The third-order valence-electron chi connectivity index (χ3n) is 2.04. The van der Waals surface area contributed by atoms with Crippen LogP contribution in [-0.2, 0) is 13.0 Å². The quantitative estimate of drug-likeness (QED) is 0.469. The number of aliphatic imine (C=N–C) groups is 1. The summed E-state index contributed by atoms with van der Waals surface area (Å²) in [6, 6.07) is 4.26. The molecule has 0 saturated heterocycles. The van der Waals surface area contributed by atoms with Gasteiger partial charge in [0.2, 0.25) is 0 Å². The summed E-state index contributed by atoms with van der Waals surface area (Å²) in [4.78, 5) is 6.90. The van der Waals surface area contributed by atoms with E-state index in [1.807, 2.05) is 6.92 Å². The standard InChI is InChI=1S/C12H19N3S/c1-4-10-5-6-11(16-10)8-15-12(13)14-7-9(2)3/h5-6H,2,4,7-8H2,1,3H3,(H3,13,14,15). The molecule has 3 nitrogen and oxygen atoms in total. The Morgan fingerprint density at radius 2 is 2.19 bits per heavy atom. The van der Waals surface area contributed by atoms with E-state index in [2.05, 4.69) is 35.9 Å². The molecule has 0 aromatic carbocycles. The maximum absolute atomic E-state index is 5.71. The van der Waals surface area contributed by atoms with Gasteiger partial charge in [0, 0.05) is 16.3 Å². The second kappa shape index (κ2) is 6.33. The van der Waals surface area contributed by atoms with E-state index >= 15 is 0 Å². The van der Waals surface area contributed by atoms with Crippen LogP contribution in [0, 0.1) is 0 Å². The van der Waals surface area contributed by atoms with E-state index in [0.29, 0.717) is 19.0 Å². The van der Waals surface area contributed by atoms with Crippen molar-refractivity contribution in [2.24, 2.45) is 10.7 Å². The van der Waals surface area contributed by atoms with Crippen LogP contribution in [0.15, 0.2) is 29.3 Å². The third kappa shape index (κ3) is 4.49. The van der Waals surface area contributed by atoms with E-state index in [9.17, 15) is 0 Å². The summed E-state index contributed by atoms with van der Waals surface area (Å²) >= 11 is 1.79. The Balaban J connectivity index is 2.42. The number of thiophene rings is 1. The maximum Gasteiger partial charge on any atom is 0.189 e. The van der Waals surface area contributed by atoms with Gasteiger partial charge in [-0.3, -0.25) is 0 Å². The van der Waals surface area contributed by atoms with Crippen molar-refractivity contribution in [3.05, 3.63) is 34.0 Å². The van der Waals surface area contributed by atoms with Crippen molar-refractivity contribution in [3.8, 4) is 0 Å². The van der Waals surface area contributed by atoms with Crippen LogP contribution in [0.2, 0.25) is 0 Å². The van der Waals surface area contributed by atoms with Crippen molar-refractivity contribution in [2.75, 3.05) is 6.54 Å². The number of nitrogens with zero attached hydrogens (tertiary/aromatic N) is 1. The van der Waals surface area contributed by atoms with Crippen LogP contribution in [0.3, 0.4) is 0 Å². The second-order valence-corrected chi connectivity index (χ2v) is 4.99. The van der Waals surface area contributed by atoms with Crippen molar-refractivity contribution in [2.45, 2.75) is 26.8 Å². The van der Waals surface area contributed by atoms with Crippen LogP contribution < -0.4 is 11.1 Å². The molecule has 0 aliphatic heterocycles. The Bertz CT molecular complexity index is 379. The van der Waals surface area contributed by atoms with Gasteiger partial charge in [0.15, 0.2) is 5.96 Å². The molecule has 0 saturated carbocycles. The number of guanidine groups is 1. The van der Waals surface area contributed by atoms with E-state index in [-0.39, 0.29) is 0 Å². The van der Waals surface area contributed by atoms with Crippen LogP contribution in [0.25, 0.3) is 0 Å². The summed E-state index contributed by atoms with van der Waals surface area (Å²) in [6.45, 7) is 9.23. The number of rotatable bonds is 5. The first-order valence-corrected chi connectivity index (χ1v) is 6.19. The Morgan fingerprint density at radius 3 is 2.75 bits per heavy atom. The molecule has 0 radical (unpaired) electrons. The zero-order valence-corrected chi connectivity index (χ0v) is 10.7. The molecule has 0 unspecified atom stereocenters. The Hall–Kier alpha value is -1.29. The summed E-state index contributed by atoms with van der Waals surface area (Å²) in [5, 5.41) is 3.01. The molecule has 0 aliphatic carbocycles. The SMILES string of the molecule is C=C(C)CNC(N)=NCc1ccc(CC)s1. The molecular weight excluding hydrogens is 218 g/mol. The van der Waals surface area contributed by atoms with Crippen molar-refractivity contribution in [3.63, 3.8) is 0 Å². The van der Waals surface area contributed by atoms with E-state index in [1.165, 1.54) is 9.75 Å². The number of hydrogen-bond acceptors (Lipinski definition) is 2. The minimum absolute atomic E-state index is 0.481. The number of aryl methyl sites for hydroxylation is 1. The highest BCUT2D eigenvalue weighted by Crippen LogP contribution is 2.17. The van der Waals surface area contributed by atoms with E-state index < -0.39 is 0 Å². The maximum atomic E-state index is 5.71. The fourth-order valence-electron chi connectivity index (χ4n) is 1.16. The van der Waals surface area contributed by atoms with Crippen LogP contribution in [-0.4, -0.2) is 12.5 Å². The van der Waals surface area contributed by atoms with Crippen molar-refractivity contribution in [1.82, 2.24) is 5.32 Å². The predicted octanol–water partition coefficient (Wildman–Crippen LogP) is 2.29. The van der Waals surface area contributed by atoms with Crippen molar-refractivity contribution in [1.29, 1.82) is 0 Å². The van der Waals surface area contributed by atoms with Crippen LogP contribution in [0.1, 0.15) is 23.6 Å². The molecule has 0 spiro atoms. The molecule has 4 heteroatoms. The monoisotopic (exact) mass is 237 g/mol. The van der Waals surface area contributed by atoms with Crippen molar-refractivity contribution < 1.29 is 0 Å². The fraction of sp³-hybridized carbons (Fsp3) is 0.417. The molecule has 0 aliphatic rings. The third-order valence-corrected chi connectivity index (χ3v) is 3.26. The molecule has 1 aromatic rings. The Morgan fingerprint density at radius 1 is 1.50 bits per heavy atom. The summed E-state index contributed by atoms with van der Waals surface area (Å²) in [7, 11) is 0. The van der Waals surface area contributed by atoms with Gasteiger partial charge in [-0.1, -0.05) is 19.1 Å². The van der Waals surface area contributed by atoms with Gasteiger partial charge in [0.05, 0.1) is 6.54 Å². The lowest BCUT2D eigenvalue weighted by Crippen LogP contribution is -2.32. The second-order valence-electron chi connectivity index (χ2n) is 3.73. The first-order chi connectivity index (χ1) is 7.61. The number of hydrogen-bond donors (Lipinski definition) is 2. The first-order valence-electron chi connectivity index (χ1n) is 5.37. The van der Waals surface area contributed by atoms with Gasteiger partial charge in [0.1, 0.15) is 0 Å². The molecule has 1 aromatic heterocycles. The predicted molar refractivity (Wildman–Crippen MR) is 71.8 cm³/mol. The molecule has 3 N–H and O–H groups in total. The normalized spacial score (nSPS) is 11.5. The number of nitrogens with one attached hydrogen (secondary N) is 1. The Kier molecular flexibility index (Phi) is 5.05. The van der Waals surface area contributed by atoms with E-state index in [0.717, 1.165) is 12.0 Å². The minimum Gasteiger partial charge on any atom is -0.370 e. The van der Waals surface area contributed by atoms with Gasteiger partial charge >= 0.3 is 0 Å². The van der Waals surface area contributed by atoms with Gasteiger partial charge in [-0.15, -0.1) is 11.3 Å². The first kappa shape index (κ1) is 12.8. The lowest BCUT2D eigenvalue weighted by Gasteiger charge is -2.03. The van der Waals surface area contributed by atoms with Crippen LogP contribution in [0.4, 0.5) is 0 Å². The highest BCUT2D eigenvalue weighted by molar-refractivity contribution is 7.11. The molecule has 0 bridgehead atoms. The molecule has 16 heavy (non-hydrogen) atoms. The average molecular weight is 237 g/mol. The van der Waals surface area contributed by atoms with Gasteiger partial charge in [-0.2, -0.15) is 0 Å². The van der Waals surface area contributed by atoms with E-state index in [1.54, 1.807) is 11.3 Å². The van der Waals surface area contributed by atoms with Crippen LogP contribution >= 0.6 is 11.3 Å². The molecule has 0 amide bonds. The Labute approximate surface area is 101 Å². The van der Waals surface area contributed by atoms with Crippen LogP contribution in [0.5, 0.6) is 0 Å². The molecular formula is C12H19N3S. The average Bonchev–Trinajstić information content (AvgIpc) is 2.71. The van der Waals surface area contributed by atoms with E-state index in [4.69, 9.17) is 5.73 Å². The molecule has 88 valence electrons. The summed E-state index contributed by atoms with van der Waals surface area (Å²) in [6.07, 6.45) is 1.08. The summed E-state index contributed by atoms with van der Waals surface area (Å²) < 4.78 is 0. The lowest BCUT2D eigenvalue weighted by molar-refractivity contribution is 0.945. The van der Waals surface area contributed by atoms with Gasteiger partial charge in [0.25, 0.3) is 0 Å². The summed E-state index contributed by atoms with van der Waals surface area (Å²) in [5.41, 5.74) is 6.76. The van der Waals surface area contributed by atoms with Gasteiger partial charge in [-0.25, -0.2) is 4.99 Å². The minimum atomic E-state index is 0.481. The van der Waals surface area contributed by atoms with Gasteiger partial charge < -0.3 is 11.1 Å². The topological polar surface area (TPSA) is 50.4 Å². The zero-order chi connectivity index (χ0) is 12.0. The number of nitrogens with two attached hydrogens (primary N) is 1. The molecule has 1 rings (SSSR count). The highest BCUT2D eigenvalue weighted by Gasteiger charge is 1.98. The molecule has 1 heterocycles. The highest BCUT2D eigenvalue weighted by atomic mass is 32.1. The zero-order valence-electron chi connectivity index (χ0n) is 9.92. The molecule has 0 fully saturated rings. The lowest BCUT2D eigenvalue weighted by atomic mass is 10.3. The fourth-order valence-corrected chi connectivity index (χ4v) is 2.04. The smallest absolute Gasteiger partial charge is 0.189 e. The largest absolute Gasteiger partial charge is 0.370 e. The van der Waals surface area contributed by atoms with Gasteiger partial charge in [-0.05, 0) is 25.5 Å². The van der Waals surface area contributed by atoms with Crippen molar-refractivity contribution >= 4 is 17.3 Å².